The zero-order valence-electron chi connectivity index (χ0n) is 13.8. The number of para-hydroxylation sites is 2. The summed E-state index contributed by atoms with van der Waals surface area (Å²) in [6.07, 6.45) is 3.36. The largest absolute Gasteiger partial charge is 0.370 e. The number of amides is 1. The van der Waals surface area contributed by atoms with Crippen molar-refractivity contribution in [3.63, 3.8) is 0 Å². The molecular weight excluding hydrogens is 360 g/mol. The van der Waals surface area contributed by atoms with Gasteiger partial charge in [-0.3, -0.25) is 4.79 Å². The van der Waals surface area contributed by atoms with E-state index in [4.69, 9.17) is 11.6 Å². The highest BCUT2D eigenvalue weighted by molar-refractivity contribution is 7.90. The van der Waals surface area contributed by atoms with Crippen molar-refractivity contribution in [3.8, 4) is 0 Å². The van der Waals surface area contributed by atoms with Crippen LogP contribution in [0.25, 0.3) is 0 Å². The Bertz CT molecular complexity index is 906. The maximum atomic E-state index is 12.7. The number of anilines is 2. The zero-order valence-corrected chi connectivity index (χ0v) is 15.4. The predicted octanol–water partition coefficient (Wildman–Crippen LogP) is 3.60. The Balaban J connectivity index is 1.91. The lowest BCUT2D eigenvalue weighted by atomic mass is 10.2. The molecule has 1 fully saturated rings. The standard InChI is InChI=1S/C18H19ClN2O3S/c1-25(23,24)13-8-9-15(19)14(12-13)18(22)20-16-6-2-3-7-17(16)21-10-4-5-11-21/h2-3,6-9,12H,4-5,10-11H2,1H3,(H,20,22). The van der Waals surface area contributed by atoms with Gasteiger partial charge in [0.1, 0.15) is 0 Å². The molecule has 1 N–H and O–H groups in total. The van der Waals surface area contributed by atoms with Gasteiger partial charge in [-0.2, -0.15) is 0 Å². The van der Waals surface area contributed by atoms with Gasteiger partial charge in [-0.05, 0) is 43.2 Å². The third kappa shape index (κ3) is 3.96. The topological polar surface area (TPSA) is 66.5 Å². The van der Waals surface area contributed by atoms with Crippen LogP contribution in [-0.2, 0) is 9.84 Å². The second-order valence-electron chi connectivity index (χ2n) is 6.08. The van der Waals surface area contributed by atoms with Crippen molar-refractivity contribution in [1.82, 2.24) is 0 Å². The van der Waals surface area contributed by atoms with Crippen LogP contribution in [0.5, 0.6) is 0 Å². The van der Waals surface area contributed by atoms with Crippen LogP contribution in [0, 0.1) is 0 Å². The number of halogens is 1. The summed E-state index contributed by atoms with van der Waals surface area (Å²) in [6, 6.07) is 11.7. The van der Waals surface area contributed by atoms with Crippen LogP contribution in [0.15, 0.2) is 47.4 Å². The molecule has 2 aromatic carbocycles. The monoisotopic (exact) mass is 378 g/mol. The number of sulfone groups is 1. The Kier molecular flexibility index (Phi) is 5.01. The van der Waals surface area contributed by atoms with E-state index in [0.29, 0.717) is 5.69 Å². The van der Waals surface area contributed by atoms with Gasteiger partial charge in [-0.25, -0.2) is 8.42 Å². The number of benzene rings is 2. The summed E-state index contributed by atoms with van der Waals surface area (Å²) in [7, 11) is -3.42. The molecule has 132 valence electrons. The van der Waals surface area contributed by atoms with Gasteiger partial charge < -0.3 is 10.2 Å². The predicted molar refractivity (Wildman–Crippen MR) is 100 cm³/mol. The quantitative estimate of drug-likeness (QED) is 0.882. The van der Waals surface area contributed by atoms with Crippen molar-refractivity contribution in [2.24, 2.45) is 0 Å². The minimum Gasteiger partial charge on any atom is -0.370 e. The summed E-state index contributed by atoms with van der Waals surface area (Å²) in [4.78, 5) is 15.0. The molecule has 0 aliphatic carbocycles. The normalized spacial score (nSPS) is 14.6. The van der Waals surface area contributed by atoms with E-state index < -0.39 is 15.7 Å². The molecule has 2 aromatic rings. The first-order chi connectivity index (χ1) is 11.9. The van der Waals surface area contributed by atoms with Crippen molar-refractivity contribution in [1.29, 1.82) is 0 Å². The van der Waals surface area contributed by atoms with Gasteiger partial charge in [0.15, 0.2) is 9.84 Å². The SMILES string of the molecule is CS(=O)(=O)c1ccc(Cl)c(C(=O)Nc2ccccc2N2CCCC2)c1. The van der Waals surface area contributed by atoms with Crippen molar-refractivity contribution in [2.75, 3.05) is 29.6 Å². The molecule has 0 aromatic heterocycles. The second-order valence-corrected chi connectivity index (χ2v) is 8.50. The smallest absolute Gasteiger partial charge is 0.257 e. The van der Waals surface area contributed by atoms with Crippen LogP contribution in [0.4, 0.5) is 11.4 Å². The number of carbonyl (C=O) groups is 1. The molecule has 0 bridgehead atoms. The zero-order chi connectivity index (χ0) is 18.0. The molecule has 1 amide bonds. The summed E-state index contributed by atoms with van der Waals surface area (Å²) in [5, 5.41) is 3.07. The van der Waals surface area contributed by atoms with Gasteiger partial charge in [0.05, 0.1) is 26.9 Å². The first-order valence-corrected chi connectivity index (χ1v) is 10.3. The van der Waals surface area contributed by atoms with E-state index in [1.165, 1.54) is 18.2 Å². The number of hydrogen-bond donors (Lipinski definition) is 1. The molecule has 3 rings (SSSR count). The Morgan fingerprint density at radius 3 is 2.48 bits per heavy atom. The molecular formula is C18H19ClN2O3S. The van der Waals surface area contributed by atoms with Crippen LogP contribution >= 0.6 is 11.6 Å². The fraction of sp³-hybridized carbons (Fsp3) is 0.278. The lowest BCUT2D eigenvalue weighted by Gasteiger charge is -2.21. The third-order valence-corrected chi connectivity index (χ3v) is 5.65. The van der Waals surface area contributed by atoms with Gasteiger partial charge in [0, 0.05) is 19.3 Å². The molecule has 7 heteroatoms. The van der Waals surface area contributed by atoms with Crippen LogP contribution < -0.4 is 10.2 Å². The van der Waals surface area contributed by atoms with Crippen LogP contribution in [0.2, 0.25) is 5.02 Å². The summed E-state index contributed by atoms with van der Waals surface area (Å²) >= 11 is 6.11. The summed E-state index contributed by atoms with van der Waals surface area (Å²) in [6.45, 7) is 1.91. The minimum absolute atomic E-state index is 0.0647. The summed E-state index contributed by atoms with van der Waals surface area (Å²) < 4.78 is 23.4. The molecule has 25 heavy (non-hydrogen) atoms. The molecule has 0 radical (unpaired) electrons. The Morgan fingerprint density at radius 2 is 1.80 bits per heavy atom. The van der Waals surface area contributed by atoms with Crippen LogP contribution in [0.3, 0.4) is 0 Å². The summed E-state index contributed by atoms with van der Waals surface area (Å²) in [5.74, 6) is -0.429. The average molecular weight is 379 g/mol. The van der Waals surface area contributed by atoms with E-state index in [2.05, 4.69) is 10.2 Å². The fourth-order valence-electron chi connectivity index (χ4n) is 2.91. The molecule has 0 unspecified atom stereocenters. The van der Waals surface area contributed by atoms with Gasteiger partial charge >= 0.3 is 0 Å². The molecule has 0 saturated carbocycles. The van der Waals surface area contributed by atoms with E-state index >= 15 is 0 Å². The van der Waals surface area contributed by atoms with Gasteiger partial charge in [0.2, 0.25) is 0 Å². The first kappa shape index (κ1) is 17.8. The van der Waals surface area contributed by atoms with Crippen molar-refractivity contribution >= 4 is 38.7 Å². The highest BCUT2D eigenvalue weighted by Gasteiger charge is 2.19. The molecule has 0 atom stereocenters. The lowest BCUT2D eigenvalue weighted by Crippen LogP contribution is -2.21. The third-order valence-electron chi connectivity index (χ3n) is 4.21. The highest BCUT2D eigenvalue weighted by Crippen LogP contribution is 2.30. The van der Waals surface area contributed by atoms with E-state index in [1.54, 1.807) is 0 Å². The Hall–Kier alpha value is -2.05. The number of hydrogen-bond acceptors (Lipinski definition) is 4. The average Bonchev–Trinajstić information content (AvgIpc) is 3.09. The number of nitrogens with one attached hydrogen (secondary N) is 1. The molecule has 0 spiro atoms. The molecule has 1 heterocycles. The molecule has 1 aliphatic heterocycles. The van der Waals surface area contributed by atoms with E-state index in [-0.39, 0.29) is 15.5 Å². The minimum atomic E-state index is -3.42. The van der Waals surface area contributed by atoms with Crippen molar-refractivity contribution in [3.05, 3.63) is 53.1 Å². The fourth-order valence-corrected chi connectivity index (χ4v) is 3.76. The van der Waals surface area contributed by atoms with Gasteiger partial charge in [-0.1, -0.05) is 23.7 Å². The van der Waals surface area contributed by atoms with E-state index in [1.807, 2.05) is 24.3 Å². The number of carbonyl (C=O) groups excluding carboxylic acids is 1. The maximum absolute atomic E-state index is 12.7. The summed E-state index contributed by atoms with van der Waals surface area (Å²) in [5.41, 5.74) is 1.79. The first-order valence-electron chi connectivity index (χ1n) is 8.01. The molecule has 5 nitrogen and oxygen atoms in total. The van der Waals surface area contributed by atoms with Gasteiger partial charge in [-0.15, -0.1) is 0 Å². The maximum Gasteiger partial charge on any atom is 0.257 e. The van der Waals surface area contributed by atoms with Crippen molar-refractivity contribution < 1.29 is 13.2 Å². The Morgan fingerprint density at radius 1 is 1.12 bits per heavy atom. The van der Waals surface area contributed by atoms with Crippen LogP contribution in [0.1, 0.15) is 23.2 Å². The van der Waals surface area contributed by atoms with Crippen LogP contribution in [-0.4, -0.2) is 33.7 Å². The van der Waals surface area contributed by atoms with E-state index in [9.17, 15) is 13.2 Å². The second kappa shape index (κ2) is 7.06. The molecule has 1 saturated heterocycles. The highest BCUT2D eigenvalue weighted by atomic mass is 35.5. The van der Waals surface area contributed by atoms with Gasteiger partial charge in [0.25, 0.3) is 5.91 Å². The number of nitrogens with zero attached hydrogens (tertiary/aromatic N) is 1. The van der Waals surface area contributed by atoms with Crippen molar-refractivity contribution in [2.45, 2.75) is 17.7 Å². The number of rotatable bonds is 4. The molecule has 1 aliphatic rings. The lowest BCUT2D eigenvalue weighted by molar-refractivity contribution is 0.102. The van der Waals surface area contributed by atoms with E-state index in [0.717, 1.165) is 37.9 Å². The Labute approximate surface area is 152 Å².